The average Bonchev–Trinajstić information content (AvgIpc) is 2.39. The van der Waals surface area contributed by atoms with E-state index in [2.05, 4.69) is 17.0 Å². The molecule has 4 nitrogen and oxygen atoms in total. The number of benzene rings is 1. The highest BCUT2D eigenvalue weighted by Crippen LogP contribution is 2.15. The number of rotatable bonds is 4. The third-order valence-electron chi connectivity index (χ3n) is 3.03. The minimum absolute atomic E-state index is 0.175. The zero-order valence-electron chi connectivity index (χ0n) is 10.3. The van der Waals surface area contributed by atoms with Gasteiger partial charge in [-0.2, -0.15) is 0 Å². The number of hydrogen-bond donors (Lipinski definition) is 1. The summed E-state index contributed by atoms with van der Waals surface area (Å²) in [7, 11) is 1.69. The summed E-state index contributed by atoms with van der Waals surface area (Å²) in [5.74, 6) is 0.908. The smallest absolute Gasteiger partial charge is 0.119 e. The van der Waals surface area contributed by atoms with E-state index < -0.39 is 0 Å². The molecule has 2 rings (SSSR count). The number of nitrogens with two attached hydrogens (primary N) is 1. The normalized spacial score (nSPS) is 21.4. The van der Waals surface area contributed by atoms with Gasteiger partial charge >= 0.3 is 0 Å². The lowest BCUT2D eigenvalue weighted by atomic mass is 10.2. The fraction of sp³-hybridized carbons (Fsp3) is 0.538. The van der Waals surface area contributed by atoms with Gasteiger partial charge in [-0.15, -0.1) is 0 Å². The SMILES string of the molecule is COc1cccc(CN2CCOC(CN)C2)c1. The maximum Gasteiger partial charge on any atom is 0.119 e. The molecule has 2 N–H and O–H groups in total. The van der Waals surface area contributed by atoms with E-state index in [-0.39, 0.29) is 6.10 Å². The summed E-state index contributed by atoms with van der Waals surface area (Å²) in [6.45, 7) is 4.17. The number of methoxy groups -OCH3 is 1. The van der Waals surface area contributed by atoms with Crippen molar-refractivity contribution in [3.63, 3.8) is 0 Å². The van der Waals surface area contributed by atoms with Gasteiger partial charge in [-0.1, -0.05) is 12.1 Å². The monoisotopic (exact) mass is 236 g/mol. The zero-order chi connectivity index (χ0) is 12.1. The van der Waals surface area contributed by atoms with Crippen LogP contribution >= 0.6 is 0 Å². The van der Waals surface area contributed by atoms with Gasteiger partial charge in [-0.25, -0.2) is 0 Å². The van der Waals surface area contributed by atoms with Crippen LogP contribution in [-0.4, -0.2) is 44.4 Å². The van der Waals surface area contributed by atoms with E-state index in [9.17, 15) is 0 Å². The summed E-state index contributed by atoms with van der Waals surface area (Å²) in [5.41, 5.74) is 6.90. The van der Waals surface area contributed by atoms with Crippen LogP contribution < -0.4 is 10.5 Å². The van der Waals surface area contributed by atoms with Crippen LogP contribution in [0, 0.1) is 0 Å². The maximum atomic E-state index is 5.63. The van der Waals surface area contributed by atoms with E-state index in [1.54, 1.807) is 7.11 Å². The van der Waals surface area contributed by atoms with Gasteiger partial charge in [0.05, 0.1) is 19.8 Å². The molecule has 1 aliphatic rings. The Labute approximate surface area is 102 Å². The van der Waals surface area contributed by atoms with Crippen LogP contribution in [-0.2, 0) is 11.3 Å². The quantitative estimate of drug-likeness (QED) is 0.842. The second kappa shape index (κ2) is 6.00. The molecule has 1 unspecified atom stereocenters. The Kier molecular flexibility index (Phi) is 4.36. The minimum atomic E-state index is 0.175. The van der Waals surface area contributed by atoms with Crippen molar-refractivity contribution in [3.8, 4) is 5.75 Å². The van der Waals surface area contributed by atoms with Crippen molar-refractivity contribution in [2.75, 3.05) is 33.4 Å². The summed E-state index contributed by atoms with van der Waals surface area (Å²) in [4.78, 5) is 2.37. The molecule has 1 aromatic rings. The molecule has 0 spiro atoms. The standard InChI is InChI=1S/C13H20N2O2/c1-16-12-4-2-3-11(7-12)9-15-5-6-17-13(8-14)10-15/h2-4,7,13H,5-6,8-10,14H2,1H3. The fourth-order valence-corrected chi connectivity index (χ4v) is 2.10. The first-order chi connectivity index (χ1) is 8.31. The number of morpholine rings is 1. The first-order valence-corrected chi connectivity index (χ1v) is 5.99. The zero-order valence-corrected chi connectivity index (χ0v) is 10.3. The third-order valence-corrected chi connectivity index (χ3v) is 3.03. The average molecular weight is 236 g/mol. The molecule has 0 amide bonds. The van der Waals surface area contributed by atoms with Crippen LogP contribution in [0.2, 0.25) is 0 Å². The molecule has 4 heteroatoms. The summed E-state index contributed by atoms with van der Waals surface area (Å²) in [6, 6.07) is 8.18. The molecule has 0 bridgehead atoms. The highest BCUT2D eigenvalue weighted by atomic mass is 16.5. The van der Waals surface area contributed by atoms with Gasteiger partial charge in [0.2, 0.25) is 0 Å². The Morgan fingerprint density at radius 1 is 1.53 bits per heavy atom. The first-order valence-electron chi connectivity index (χ1n) is 5.99. The lowest BCUT2D eigenvalue weighted by Gasteiger charge is -2.32. The van der Waals surface area contributed by atoms with Crippen molar-refractivity contribution in [2.45, 2.75) is 12.6 Å². The lowest BCUT2D eigenvalue weighted by molar-refractivity contribution is -0.0260. The molecule has 1 aliphatic heterocycles. The Bertz CT molecular complexity index is 357. The number of ether oxygens (including phenoxy) is 2. The Hall–Kier alpha value is -1.10. The van der Waals surface area contributed by atoms with Gasteiger partial charge in [-0.3, -0.25) is 4.90 Å². The van der Waals surface area contributed by atoms with E-state index >= 15 is 0 Å². The van der Waals surface area contributed by atoms with Crippen LogP contribution in [0.4, 0.5) is 0 Å². The van der Waals surface area contributed by atoms with E-state index in [0.717, 1.165) is 32.0 Å². The highest BCUT2D eigenvalue weighted by Gasteiger charge is 2.19. The number of nitrogens with zero attached hydrogens (tertiary/aromatic N) is 1. The molecule has 1 aromatic carbocycles. The molecule has 0 aromatic heterocycles. The summed E-state index contributed by atoms with van der Waals surface area (Å²) in [5, 5.41) is 0. The molecule has 1 saturated heterocycles. The third kappa shape index (κ3) is 3.43. The molecule has 94 valence electrons. The molecular formula is C13H20N2O2. The van der Waals surface area contributed by atoms with Gasteiger partial charge in [0.1, 0.15) is 5.75 Å². The molecule has 1 fully saturated rings. The molecule has 17 heavy (non-hydrogen) atoms. The molecule has 1 heterocycles. The van der Waals surface area contributed by atoms with Gasteiger partial charge in [0.15, 0.2) is 0 Å². The first kappa shape index (κ1) is 12.4. The topological polar surface area (TPSA) is 47.7 Å². The van der Waals surface area contributed by atoms with E-state index in [0.29, 0.717) is 6.54 Å². The van der Waals surface area contributed by atoms with E-state index in [1.165, 1.54) is 5.56 Å². The van der Waals surface area contributed by atoms with Crippen LogP contribution in [0.3, 0.4) is 0 Å². The molecule has 0 saturated carbocycles. The minimum Gasteiger partial charge on any atom is -0.497 e. The lowest BCUT2D eigenvalue weighted by Crippen LogP contribution is -2.45. The Morgan fingerprint density at radius 2 is 2.41 bits per heavy atom. The van der Waals surface area contributed by atoms with Crippen molar-refractivity contribution in [2.24, 2.45) is 5.73 Å². The van der Waals surface area contributed by atoms with Crippen LogP contribution in [0.15, 0.2) is 24.3 Å². The summed E-state index contributed by atoms with van der Waals surface area (Å²) in [6.07, 6.45) is 0.175. The van der Waals surface area contributed by atoms with Gasteiger partial charge < -0.3 is 15.2 Å². The molecule has 1 atom stereocenters. The maximum absolute atomic E-state index is 5.63. The Balaban J connectivity index is 1.95. The highest BCUT2D eigenvalue weighted by molar-refractivity contribution is 5.28. The van der Waals surface area contributed by atoms with Crippen LogP contribution in [0.5, 0.6) is 5.75 Å². The van der Waals surface area contributed by atoms with Crippen LogP contribution in [0.1, 0.15) is 5.56 Å². The molecule has 0 aliphatic carbocycles. The van der Waals surface area contributed by atoms with Crippen molar-refractivity contribution < 1.29 is 9.47 Å². The van der Waals surface area contributed by atoms with Gasteiger partial charge in [0, 0.05) is 26.2 Å². The van der Waals surface area contributed by atoms with Crippen LogP contribution in [0.25, 0.3) is 0 Å². The van der Waals surface area contributed by atoms with Crippen molar-refractivity contribution in [1.29, 1.82) is 0 Å². The van der Waals surface area contributed by atoms with E-state index in [4.69, 9.17) is 15.2 Å². The number of hydrogen-bond acceptors (Lipinski definition) is 4. The molecular weight excluding hydrogens is 216 g/mol. The second-order valence-corrected chi connectivity index (χ2v) is 4.32. The summed E-state index contributed by atoms with van der Waals surface area (Å²) >= 11 is 0. The van der Waals surface area contributed by atoms with E-state index in [1.807, 2.05) is 12.1 Å². The largest absolute Gasteiger partial charge is 0.497 e. The Morgan fingerprint density at radius 3 is 3.18 bits per heavy atom. The predicted molar refractivity (Wildman–Crippen MR) is 67.1 cm³/mol. The molecule has 0 radical (unpaired) electrons. The van der Waals surface area contributed by atoms with Crippen molar-refractivity contribution in [1.82, 2.24) is 4.90 Å². The van der Waals surface area contributed by atoms with Gasteiger partial charge in [-0.05, 0) is 17.7 Å². The second-order valence-electron chi connectivity index (χ2n) is 4.32. The van der Waals surface area contributed by atoms with Crippen molar-refractivity contribution >= 4 is 0 Å². The van der Waals surface area contributed by atoms with Crippen molar-refractivity contribution in [3.05, 3.63) is 29.8 Å². The van der Waals surface area contributed by atoms with Gasteiger partial charge in [0.25, 0.3) is 0 Å². The summed E-state index contributed by atoms with van der Waals surface area (Å²) < 4.78 is 10.8. The fourth-order valence-electron chi connectivity index (χ4n) is 2.10. The predicted octanol–water partition coefficient (Wildman–Crippen LogP) is 0.855.